The van der Waals surface area contributed by atoms with Crippen LogP contribution < -0.4 is 4.74 Å². The van der Waals surface area contributed by atoms with Crippen LogP contribution in [0.3, 0.4) is 0 Å². The van der Waals surface area contributed by atoms with Gasteiger partial charge in [0.05, 0.1) is 17.5 Å². The minimum Gasteiger partial charge on any atom is -0.493 e. The second kappa shape index (κ2) is 7.84. The number of aryl methyl sites for hydroxylation is 1. The SMILES string of the molecule is C=CCS(=O)(=O)N=C=S.c1ccc2c(c1)CCCO2. The van der Waals surface area contributed by atoms with Gasteiger partial charge < -0.3 is 4.74 Å². The molecule has 0 amide bonds. The Morgan fingerprint density at radius 2 is 2.21 bits per heavy atom. The molecule has 19 heavy (non-hydrogen) atoms. The number of para-hydroxylation sites is 1. The van der Waals surface area contributed by atoms with Gasteiger partial charge in [0.2, 0.25) is 0 Å². The highest BCUT2D eigenvalue weighted by Crippen LogP contribution is 2.23. The summed E-state index contributed by atoms with van der Waals surface area (Å²) in [6.45, 7) is 4.11. The Labute approximate surface area is 118 Å². The molecule has 0 saturated carbocycles. The number of hydrogen-bond donors (Lipinski definition) is 0. The zero-order valence-electron chi connectivity index (χ0n) is 10.4. The second-order valence-electron chi connectivity index (χ2n) is 3.78. The van der Waals surface area contributed by atoms with Gasteiger partial charge in [-0.3, -0.25) is 0 Å². The fourth-order valence-electron chi connectivity index (χ4n) is 1.54. The van der Waals surface area contributed by atoms with Gasteiger partial charge in [-0.1, -0.05) is 24.3 Å². The zero-order chi connectivity index (χ0) is 14.1. The van der Waals surface area contributed by atoms with Crippen molar-refractivity contribution in [1.82, 2.24) is 0 Å². The maximum Gasteiger partial charge on any atom is 0.265 e. The van der Waals surface area contributed by atoms with E-state index in [4.69, 9.17) is 4.74 Å². The second-order valence-corrected chi connectivity index (χ2v) is 5.64. The quantitative estimate of drug-likeness (QED) is 0.489. The Bertz CT molecular complexity index is 550. The van der Waals surface area contributed by atoms with Gasteiger partial charge in [0.1, 0.15) is 5.75 Å². The lowest BCUT2D eigenvalue weighted by molar-refractivity contribution is 0.288. The first-order valence-electron chi connectivity index (χ1n) is 5.72. The van der Waals surface area contributed by atoms with Gasteiger partial charge >= 0.3 is 0 Å². The molecule has 0 atom stereocenters. The Hall–Kier alpha value is -1.49. The minimum absolute atomic E-state index is 0.184. The molecule has 0 aliphatic carbocycles. The van der Waals surface area contributed by atoms with Crippen molar-refractivity contribution in [3.63, 3.8) is 0 Å². The Kier molecular flexibility index (Phi) is 6.42. The molecule has 2 rings (SSSR count). The van der Waals surface area contributed by atoms with Crippen molar-refractivity contribution in [2.75, 3.05) is 12.4 Å². The van der Waals surface area contributed by atoms with Crippen molar-refractivity contribution in [1.29, 1.82) is 0 Å². The minimum atomic E-state index is -3.39. The Balaban J connectivity index is 0.000000192. The third-order valence-corrected chi connectivity index (χ3v) is 3.56. The molecule has 1 aromatic rings. The van der Waals surface area contributed by atoms with Crippen LogP contribution >= 0.6 is 12.2 Å². The lowest BCUT2D eigenvalue weighted by Gasteiger charge is -2.15. The Morgan fingerprint density at radius 3 is 2.84 bits per heavy atom. The van der Waals surface area contributed by atoms with E-state index in [2.05, 4.69) is 35.3 Å². The predicted molar refractivity (Wildman–Crippen MR) is 79.3 cm³/mol. The number of ether oxygens (including phenoxy) is 1. The molecule has 0 radical (unpaired) electrons. The zero-order valence-corrected chi connectivity index (χ0v) is 12.0. The van der Waals surface area contributed by atoms with Crippen molar-refractivity contribution in [2.24, 2.45) is 4.40 Å². The highest BCUT2D eigenvalue weighted by molar-refractivity contribution is 7.91. The summed E-state index contributed by atoms with van der Waals surface area (Å²) in [5, 5.41) is 1.77. The normalized spacial score (nSPS) is 12.8. The molecule has 1 aliphatic heterocycles. The van der Waals surface area contributed by atoms with Gasteiger partial charge in [-0.25, -0.2) is 8.42 Å². The average molecular weight is 297 g/mol. The number of hydrogen-bond acceptors (Lipinski definition) is 4. The average Bonchev–Trinajstić information content (AvgIpc) is 2.39. The van der Waals surface area contributed by atoms with Crippen LogP contribution in [0.2, 0.25) is 0 Å². The van der Waals surface area contributed by atoms with E-state index in [9.17, 15) is 8.42 Å². The first kappa shape index (κ1) is 15.6. The van der Waals surface area contributed by atoms with Gasteiger partial charge in [0, 0.05) is 0 Å². The van der Waals surface area contributed by atoms with E-state index in [0.29, 0.717) is 0 Å². The van der Waals surface area contributed by atoms with Crippen molar-refractivity contribution >= 4 is 27.4 Å². The summed E-state index contributed by atoms with van der Waals surface area (Å²) in [5.74, 6) is 0.894. The number of sulfonamides is 1. The van der Waals surface area contributed by atoms with Gasteiger partial charge in [0.25, 0.3) is 10.0 Å². The molecule has 0 saturated heterocycles. The fourth-order valence-corrected chi connectivity index (χ4v) is 2.37. The van der Waals surface area contributed by atoms with Crippen molar-refractivity contribution in [3.05, 3.63) is 42.5 Å². The van der Waals surface area contributed by atoms with Gasteiger partial charge in [0.15, 0.2) is 0 Å². The van der Waals surface area contributed by atoms with E-state index in [1.807, 2.05) is 12.1 Å². The molecule has 1 aliphatic rings. The topological polar surface area (TPSA) is 55.7 Å². The molecule has 4 nitrogen and oxygen atoms in total. The van der Waals surface area contributed by atoms with Crippen LogP contribution in [0.5, 0.6) is 5.75 Å². The maximum absolute atomic E-state index is 10.5. The third-order valence-electron chi connectivity index (χ3n) is 2.33. The van der Waals surface area contributed by atoms with Crippen LogP contribution in [0.4, 0.5) is 0 Å². The van der Waals surface area contributed by atoms with Crippen LogP contribution in [0.25, 0.3) is 0 Å². The van der Waals surface area contributed by atoms with Crippen molar-refractivity contribution in [2.45, 2.75) is 12.8 Å². The van der Waals surface area contributed by atoms with Crippen LogP contribution in [-0.2, 0) is 16.4 Å². The standard InChI is InChI=1S/C9H10O.C4H5NO2S2/c1-2-6-9-8(4-1)5-3-7-10-9;1-2-3-9(6,7)5-4-8/h1-2,4,6H,3,5,7H2;2H,1,3H2. The number of fused-ring (bicyclic) bond motifs is 1. The lowest BCUT2D eigenvalue weighted by atomic mass is 10.1. The van der Waals surface area contributed by atoms with Crippen LogP contribution in [0.1, 0.15) is 12.0 Å². The van der Waals surface area contributed by atoms with E-state index >= 15 is 0 Å². The monoisotopic (exact) mass is 297 g/mol. The van der Waals surface area contributed by atoms with Gasteiger partial charge in [-0.2, -0.15) is 0 Å². The predicted octanol–water partition coefficient (Wildman–Crippen LogP) is 2.62. The summed E-state index contributed by atoms with van der Waals surface area (Å²) in [4.78, 5) is 0. The molecule has 0 aromatic heterocycles. The summed E-state index contributed by atoms with van der Waals surface area (Å²) >= 11 is 4.08. The number of benzene rings is 1. The molecule has 1 heterocycles. The number of rotatable bonds is 3. The summed E-state index contributed by atoms with van der Waals surface area (Å²) in [7, 11) is -3.39. The number of thiocarbonyl (C=S) groups is 1. The van der Waals surface area contributed by atoms with Crippen LogP contribution in [0.15, 0.2) is 41.3 Å². The summed E-state index contributed by atoms with van der Waals surface area (Å²) in [6.07, 6.45) is 3.58. The smallest absolute Gasteiger partial charge is 0.265 e. The number of isothiocyanates is 1. The largest absolute Gasteiger partial charge is 0.493 e. The molecule has 0 bridgehead atoms. The van der Waals surface area contributed by atoms with Gasteiger partial charge in [-0.05, 0) is 36.7 Å². The Morgan fingerprint density at radius 1 is 1.47 bits per heavy atom. The molecule has 102 valence electrons. The number of nitrogens with zero attached hydrogens (tertiary/aromatic N) is 1. The lowest BCUT2D eigenvalue weighted by Crippen LogP contribution is -2.07. The van der Waals surface area contributed by atoms with Crippen LogP contribution in [0, 0.1) is 0 Å². The summed E-state index contributed by atoms with van der Waals surface area (Å²) in [6, 6.07) is 8.25. The van der Waals surface area contributed by atoms with E-state index in [1.54, 1.807) is 5.16 Å². The molecule has 1 aromatic carbocycles. The maximum atomic E-state index is 10.5. The van der Waals surface area contributed by atoms with E-state index in [0.717, 1.165) is 18.8 Å². The highest BCUT2D eigenvalue weighted by atomic mass is 32.2. The third kappa shape index (κ3) is 5.79. The van der Waals surface area contributed by atoms with Crippen LogP contribution in [-0.4, -0.2) is 25.9 Å². The van der Waals surface area contributed by atoms with Gasteiger partial charge in [-0.15, -0.1) is 11.0 Å². The molecule has 0 spiro atoms. The van der Waals surface area contributed by atoms with E-state index in [1.165, 1.54) is 18.1 Å². The molecular formula is C13H15NO3S2. The molecule has 0 N–H and O–H groups in total. The first-order chi connectivity index (χ1) is 9.09. The van der Waals surface area contributed by atoms with E-state index < -0.39 is 10.0 Å². The first-order valence-corrected chi connectivity index (χ1v) is 7.74. The summed E-state index contributed by atoms with van der Waals surface area (Å²) < 4.78 is 29.3. The molecule has 0 fully saturated rings. The van der Waals surface area contributed by atoms with E-state index in [-0.39, 0.29) is 5.75 Å². The van der Waals surface area contributed by atoms with Crippen molar-refractivity contribution in [3.8, 4) is 5.75 Å². The highest BCUT2D eigenvalue weighted by Gasteiger charge is 2.06. The molecule has 0 unspecified atom stereocenters. The fraction of sp³-hybridized carbons (Fsp3) is 0.308. The molecular weight excluding hydrogens is 282 g/mol. The van der Waals surface area contributed by atoms with Crippen molar-refractivity contribution < 1.29 is 13.2 Å². The summed E-state index contributed by atoms with van der Waals surface area (Å²) in [5.41, 5.74) is 1.36. The molecule has 6 heteroatoms.